The van der Waals surface area contributed by atoms with Crippen LogP contribution in [0.3, 0.4) is 0 Å². The summed E-state index contributed by atoms with van der Waals surface area (Å²) in [5.41, 5.74) is 9.01. The van der Waals surface area contributed by atoms with E-state index >= 15 is 0 Å². The van der Waals surface area contributed by atoms with Gasteiger partial charge in [-0.25, -0.2) is 0 Å². The molecule has 2 heterocycles. The lowest BCUT2D eigenvalue weighted by Crippen LogP contribution is -1.91. The maximum Gasteiger partial charge on any atom is 0.0702 e. The van der Waals surface area contributed by atoms with E-state index in [0.29, 0.717) is 6.54 Å². The molecule has 0 bridgehead atoms. The summed E-state index contributed by atoms with van der Waals surface area (Å²) in [6.07, 6.45) is 1.92. The van der Waals surface area contributed by atoms with Crippen LogP contribution in [-0.4, -0.2) is 4.98 Å². The van der Waals surface area contributed by atoms with Crippen molar-refractivity contribution in [3.05, 3.63) is 52.9 Å². The molecule has 84 valence electrons. The molecule has 0 spiro atoms. The van der Waals surface area contributed by atoms with E-state index in [2.05, 4.69) is 28.6 Å². The van der Waals surface area contributed by atoms with E-state index in [1.54, 1.807) is 11.3 Å². The van der Waals surface area contributed by atoms with Crippen molar-refractivity contribution in [3.8, 4) is 11.1 Å². The number of hydrogen-bond donors (Lipinski definition) is 1. The Hall–Kier alpha value is -1.71. The number of fused-ring (bicyclic) bond motifs is 1. The second-order valence-electron chi connectivity index (χ2n) is 3.92. The summed E-state index contributed by atoms with van der Waals surface area (Å²) >= 11 is 1.70. The van der Waals surface area contributed by atoms with Crippen LogP contribution in [0.2, 0.25) is 0 Å². The Morgan fingerprint density at radius 2 is 2.00 bits per heavy atom. The van der Waals surface area contributed by atoms with Crippen LogP contribution in [0.4, 0.5) is 0 Å². The van der Waals surface area contributed by atoms with E-state index in [-0.39, 0.29) is 0 Å². The van der Waals surface area contributed by atoms with Crippen molar-refractivity contribution in [1.82, 2.24) is 4.98 Å². The van der Waals surface area contributed by atoms with Crippen molar-refractivity contribution in [3.63, 3.8) is 0 Å². The van der Waals surface area contributed by atoms with Gasteiger partial charge in [-0.1, -0.05) is 18.2 Å². The second-order valence-corrected chi connectivity index (χ2v) is 4.92. The third-order valence-electron chi connectivity index (χ3n) is 2.78. The predicted molar refractivity (Wildman–Crippen MR) is 72.9 cm³/mol. The van der Waals surface area contributed by atoms with Gasteiger partial charge >= 0.3 is 0 Å². The summed E-state index contributed by atoms with van der Waals surface area (Å²) < 4.78 is 0. The van der Waals surface area contributed by atoms with Crippen LogP contribution in [0.1, 0.15) is 4.88 Å². The average molecular weight is 240 g/mol. The van der Waals surface area contributed by atoms with Crippen LogP contribution < -0.4 is 5.73 Å². The van der Waals surface area contributed by atoms with Gasteiger partial charge in [-0.2, -0.15) is 0 Å². The van der Waals surface area contributed by atoms with E-state index in [4.69, 9.17) is 5.73 Å². The molecule has 0 amide bonds. The number of rotatable bonds is 2. The second kappa shape index (κ2) is 4.28. The highest BCUT2D eigenvalue weighted by Crippen LogP contribution is 2.27. The standard InChI is InChI=1S/C14H12N2S/c15-7-13-6-12(9-17-13)11-5-10-3-1-2-4-14(10)16-8-11/h1-6,8-9H,7,15H2. The molecule has 0 fully saturated rings. The van der Waals surface area contributed by atoms with Crippen molar-refractivity contribution in [2.24, 2.45) is 5.73 Å². The summed E-state index contributed by atoms with van der Waals surface area (Å²) in [6.45, 7) is 0.603. The lowest BCUT2D eigenvalue weighted by Gasteiger charge is -2.00. The molecule has 2 aromatic heterocycles. The van der Waals surface area contributed by atoms with Crippen molar-refractivity contribution in [1.29, 1.82) is 0 Å². The summed E-state index contributed by atoms with van der Waals surface area (Å²) in [5, 5.41) is 3.30. The molecule has 0 unspecified atom stereocenters. The van der Waals surface area contributed by atoms with Crippen LogP contribution in [0.15, 0.2) is 48.0 Å². The van der Waals surface area contributed by atoms with Gasteiger partial charge in [-0.05, 0) is 29.1 Å². The normalized spacial score (nSPS) is 10.9. The molecule has 2 N–H and O–H groups in total. The fraction of sp³-hybridized carbons (Fsp3) is 0.0714. The Morgan fingerprint density at radius 3 is 2.82 bits per heavy atom. The number of nitrogens with zero attached hydrogens (tertiary/aromatic N) is 1. The maximum atomic E-state index is 5.63. The number of hydrogen-bond acceptors (Lipinski definition) is 3. The molecule has 1 aromatic carbocycles. The first-order valence-corrected chi connectivity index (χ1v) is 6.37. The van der Waals surface area contributed by atoms with E-state index < -0.39 is 0 Å². The van der Waals surface area contributed by atoms with Gasteiger partial charge in [0.05, 0.1) is 5.52 Å². The number of para-hydroxylation sites is 1. The van der Waals surface area contributed by atoms with Gasteiger partial charge in [0.15, 0.2) is 0 Å². The zero-order chi connectivity index (χ0) is 11.7. The van der Waals surface area contributed by atoms with Gasteiger partial charge in [-0.3, -0.25) is 4.98 Å². The molecule has 3 rings (SSSR count). The largest absolute Gasteiger partial charge is 0.326 e. The van der Waals surface area contributed by atoms with E-state index in [1.807, 2.05) is 24.4 Å². The third kappa shape index (κ3) is 1.95. The minimum absolute atomic E-state index is 0.603. The lowest BCUT2D eigenvalue weighted by molar-refractivity contribution is 1.11. The molecule has 0 aliphatic heterocycles. The van der Waals surface area contributed by atoms with Gasteiger partial charge in [0.25, 0.3) is 0 Å². The quantitative estimate of drug-likeness (QED) is 0.745. The van der Waals surface area contributed by atoms with Gasteiger partial charge in [0.1, 0.15) is 0 Å². The van der Waals surface area contributed by atoms with Crippen LogP contribution in [0, 0.1) is 0 Å². The summed E-state index contributed by atoms with van der Waals surface area (Å²) in [5.74, 6) is 0. The highest BCUT2D eigenvalue weighted by Gasteiger charge is 2.03. The molecule has 17 heavy (non-hydrogen) atoms. The highest BCUT2D eigenvalue weighted by atomic mass is 32.1. The molecular weight excluding hydrogens is 228 g/mol. The first kappa shape index (κ1) is 10.4. The minimum Gasteiger partial charge on any atom is -0.326 e. The number of aromatic nitrogens is 1. The predicted octanol–water partition coefficient (Wildman–Crippen LogP) is 3.42. The SMILES string of the molecule is NCc1cc(-c2cnc3ccccc3c2)cs1. The average Bonchev–Trinajstić information content (AvgIpc) is 2.87. The van der Waals surface area contributed by atoms with Gasteiger partial charge in [-0.15, -0.1) is 11.3 Å². The van der Waals surface area contributed by atoms with E-state index in [9.17, 15) is 0 Å². The molecule has 3 heteroatoms. The first-order valence-electron chi connectivity index (χ1n) is 5.49. The molecule has 0 saturated heterocycles. The minimum atomic E-state index is 0.603. The van der Waals surface area contributed by atoms with Crippen molar-refractivity contribution < 1.29 is 0 Å². The third-order valence-corrected chi connectivity index (χ3v) is 3.74. The maximum absolute atomic E-state index is 5.63. The fourth-order valence-corrected chi connectivity index (χ4v) is 2.64. The van der Waals surface area contributed by atoms with Crippen LogP contribution in [0.5, 0.6) is 0 Å². The lowest BCUT2D eigenvalue weighted by atomic mass is 10.1. The van der Waals surface area contributed by atoms with E-state index in [1.165, 1.54) is 15.8 Å². The Morgan fingerprint density at radius 1 is 1.12 bits per heavy atom. The molecule has 0 saturated carbocycles. The molecule has 0 atom stereocenters. The van der Waals surface area contributed by atoms with E-state index in [0.717, 1.165) is 11.1 Å². The number of pyridine rings is 1. The van der Waals surface area contributed by atoms with Crippen molar-refractivity contribution in [2.75, 3.05) is 0 Å². The molecule has 2 nitrogen and oxygen atoms in total. The van der Waals surface area contributed by atoms with Crippen LogP contribution in [0.25, 0.3) is 22.0 Å². The van der Waals surface area contributed by atoms with Gasteiger partial charge in [0, 0.05) is 28.6 Å². The first-order chi connectivity index (χ1) is 8.36. The Bertz CT molecular complexity index is 658. The summed E-state index contributed by atoms with van der Waals surface area (Å²) in [4.78, 5) is 5.67. The molecule has 0 aliphatic carbocycles. The Balaban J connectivity index is 2.11. The smallest absolute Gasteiger partial charge is 0.0702 e. The molecule has 0 radical (unpaired) electrons. The van der Waals surface area contributed by atoms with Crippen molar-refractivity contribution >= 4 is 22.2 Å². The fourth-order valence-electron chi connectivity index (χ4n) is 1.87. The zero-order valence-electron chi connectivity index (χ0n) is 9.26. The number of nitrogens with two attached hydrogens (primary N) is 1. The topological polar surface area (TPSA) is 38.9 Å². The molecule has 0 aliphatic rings. The molecule has 3 aromatic rings. The highest BCUT2D eigenvalue weighted by molar-refractivity contribution is 7.10. The van der Waals surface area contributed by atoms with Gasteiger partial charge in [0.2, 0.25) is 0 Å². The monoisotopic (exact) mass is 240 g/mol. The van der Waals surface area contributed by atoms with Crippen LogP contribution >= 0.6 is 11.3 Å². The summed E-state index contributed by atoms with van der Waals surface area (Å²) in [6, 6.07) is 12.5. The number of benzene rings is 1. The Labute approximate surface area is 104 Å². The Kier molecular flexibility index (Phi) is 2.63. The summed E-state index contributed by atoms with van der Waals surface area (Å²) in [7, 11) is 0. The molecular formula is C14H12N2S. The van der Waals surface area contributed by atoms with Crippen molar-refractivity contribution in [2.45, 2.75) is 6.54 Å². The van der Waals surface area contributed by atoms with Crippen LogP contribution in [-0.2, 0) is 6.54 Å². The zero-order valence-corrected chi connectivity index (χ0v) is 10.1. The van der Waals surface area contributed by atoms with Gasteiger partial charge < -0.3 is 5.73 Å². The number of thiophene rings is 1.